The summed E-state index contributed by atoms with van der Waals surface area (Å²) >= 11 is 5.61. The summed E-state index contributed by atoms with van der Waals surface area (Å²) in [4.78, 5) is 0. The quantitative estimate of drug-likeness (QED) is 0.435. The predicted octanol–water partition coefficient (Wildman–Crippen LogP) is 5.44. The molecule has 0 aliphatic carbocycles. The van der Waals surface area contributed by atoms with Crippen molar-refractivity contribution in [1.82, 2.24) is 10.7 Å². The number of hydrogen-bond acceptors (Lipinski definition) is 2. The number of nitrogens with zero attached hydrogens (tertiary/aromatic N) is 1. The lowest BCUT2D eigenvalue weighted by Gasteiger charge is -2.30. The van der Waals surface area contributed by atoms with Crippen molar-refractivity contribution in [1.29, 1.82) is 0 Å². The summed E-state index contributed by atoms with van der Waals surface area (Å²) in [7, 11) is 0. The number of rotatable bonds is 10. The third-order valence-electron chi connectivity index (χ3n) is 4.80. The van der Waals surface area contributed by atoms with Crippen LogP contribution in [0, 0.1) is 6.92 Å². The van der Waals surface area contributed by atoms with Crippen molar-refractivity contribution in [2.24, 2.45) is 0 Å². The second-order valence-corrected chi connectivity index (χ2v) is 7.45. The van der Waals surface area contributed by atoms with Gasteiger partial charge in [-0.15, -0.1) is 0 Å². The molecule has 2 rings (SSSR count). The van der Waals surface area contributed by atoms with E-state index in [-0.39, 0.29) is 5.66 Å². The SMILES string of the molecule is CCCCCCCC[C@@]1(CCC)NC(=S)N(c2ccc(C)cc2)N1. The maximum Gasteiger partial charge on any atom is 0.189 e. The van der Waals surface area contributed by atoms with Crippen LogP contribution in [0.4, 0.5) is 5.69 Å². The molecule has 0 radical (unpaired) electrons. The lowest BCUT2D eigenvalue weighted by atomic mass is 9.97. The van der Waals surface area contributed by atoms with E-state index in [1.807, 2.05) is 5.01 Å². The Morgan fingerprint density at radius 3 is 2.25 bits per heavy atom. The molecule has 2 N–H and O–H groups in total. The number of anilines is 1. The Morgan fingerprint density at radius 2 is 1.58 bits per heavy atom. The highest BCUT2D eigenvalue weighted by Crippen LogP contribution is 2.27. The largest absolute Gasteiger partial charge is 0.342 e. The monoisotopic (exact) mass is 347 g/mol. The fourth-order valence-electron chi connectivity index (χ4n) is 3.42. The first kappa shape index (κ1) is 19.2. The van der Waals surface area contributed by atoms with Crippen molar-refractivity contribution in [2.45, 2.75) is 84.2 Å². The molecular weight excluding hydrogens is 314 g/mol. The average Bonchev–Trinajstić information content (AvgIpc) is 2.89. The number of unbranched alkanes of at least 4 members (excludes halogenated alkanes) is 5. The summed E-state index contributed by atoms with van der Waals surface area (Å²) in [6, 6.07) is 8.52. The predicted molar refractivity (Wildman–Crippen MR) is 108 cm³/mol. The molecule has 1 saturated heterocycles. The first-order valence-electron chi connectivity index (χ1n) is 9.57. The topological polar surface area (TPSA) is 27.3 Å². The molecule has 1 fully saturated rings. The minimum atomic E-state index is -0.0819. The van der Waals surface area contributed by atoms with Crippen LogP contribution in [0.3, 0.4) is 0 Å². The van der Waals surface area contributed by atoms with E-state index in [1.54, 1.807) is 0 Å². The van der Waals surface area contributed by atoms with Gasteiger partial charge in [-0.3, -0.25) is 5.01 Å². The highest BCUT2D eigenvalue weighted by Gasteiger charge is 2.39. The van der Waals surface area contributed by atoms with Gasteiger partial charge in [0.2, 0.25) is 0 Å². The van der Waals surface area contributed by atoms with E-state index in [2.05, 4.69) is 55.8 Å². The molecule has 0 unspecified atom stereocenters. The lowest BCUT2D eigenvalue weighted by molar-refractivity contribution is 0.278. The second kappa shape index (κ2) is 9.38. The molecule has 1 aliphatic rings. The molecule has 1 aliphatic heterocycles. The standard InChI is InChI=1S/C20H33N3S/c1-4-6-7-8-9-10-16-20(15-5-2)21-19(24)23(22-20)18-13-11-17(3)12-14-18/h11-14,22H,4-10,15-16H2,1-3H3,(H,21,24)/t20-/m0/s1. The minimum absolute atomic E-state index is 0.0819. The van der Waals surface area contributed by atoms with Gasteiger partial charge in [-0.1, -0.05) is 70.1 Å². The van der Waals surface area contributed by atoms with E-state index >= 15 is 0 Å². The summed E-state index contributed by atoms with van der Waals surface area (Å²) < 4.78 is 0. The Balaban J connectivity index is 1.94. The minimum Gasteiger partial charge on any atom is -0.342 e. The number of hydrazine groups is 1. The Labute approximate surface area is 153 Å². The number of nitrogens with one attached hydrogen (secondary N) is 2. The number of thiocarbonyl (C=S) groups is 1. The molecule has 134 valence electrons. The van der Waals surface area contributed by atoms with Crippen LogP contribution in [0.5, 0.6) is 0 Å². The molecule has 1 heterocycles. The van der Waals surface area contributed by atoms with Gasteiger partial charge in [0.15, 0.2) is 5.11 Å². The Hall–Kier alpha value is -1.13. The summed E-state index contributed by atoms with van der Waals surface area (Å²) in [5.41, 5.74) is 5.97. The van der Waals surface area contributed by atoms with Crippen LogP contribution in [0.15, 0.2) is 24.3 Å². The van der Waals surface area contributed by atoms with Gasteiger partial charge in [0.25, 0.3) is 0 Å². The maximum absolute atomic E-state index is 5.61. The van der Waals surface area contributed by atoms with Gasteiger partial charge in [0, 0.05) is 0 Å². The van der Waals surface area contributed by atoms with E-state index in [0.717, 1.165) is 30.1 Å². The normalized spacial score (nSPS) is 20.5. The van der Waals surface area contributed by atoms with Crippen molar-refractivity contribution in [3.05, 3.63) is 29.8 Å². The zero-order valence-electron chi connectivity index (χ0n) is 15.5. The summed E-state index contributed by atoms with van der Waals surface area (Å²) in [5.74, 6) is 0. The van der Waals surface area contributed by atoms with Crippen molar-refractivity contribution < 1.29 is 0 Å². The Kier molecular flexibility index (Phi) is 7.50. The van der Waals surface area contributed by atoms with Crippen LogP contribution in [0.2, 0.25) is 0 Å². The Bertz CT molecular complexity index is 514. The molecule has 1 aromatic rings. The van der Waals surface area contributed by atoms with Crippen LogP contribution >= 0.6 is 12.2 Å². The smallest absolute Gasteiger partial charge is 0.189 e. The van der Waals surface area contributed by atoms with E-state index in [4.69, 9.17) is 12.2 Å². The van der Waals surface area contributed by atoms with Crippen LogP contribution < -0.4 is 15.8 Å². The molecule has 24 heavy (non-hydrogen) atoms. The second-order valence-electron chi connectivity index (χ2n) is 7.06. The van der Waals surface area contributed by atoms with Crippen molar-refractivity contribution >= 4 is 23.0 Å². The first-order valence-corrected chi connectivity index (χ1v) is 9.98. The van der Waals surface area contributed by atoms with Gasteiger partial charge in [-0.25, -0.2) is 5.43 Å². The van der Waals surface area contributed by atoms with Crippen molar-refractivity contribution in [2.75, 3.05) is 5.01 Å². The van der Waals surface area contributed by atoms with Crippen LogP contribution in [-0.4, -0.2) is 10.8 Å². The molecular formula is C20H33N3S. The molecule has 4 heteroatoms. The zero-order chi connectivity index (χ0) is 17.4. The van der Waals surface area contributed by atoms with Gasteiger partial charge >= 0.3 is 0 Å². The van der Waals surface area contributed by atoms with E-state index in [0.29, 0.717) is 0 Å². The van der Waals surface area contributed by atoms with Crippen molar-refractivity contribution in [3.8, 4) is 0 Å². The molecule has 1 atom stereocenters. The third kappa shape index (κ3) is 5.18. The Morgan fingerprint density at radius 1 is 0.917 bits per heavy atom. The van der Waals surface area contributed by atoms with Gasteiger partial charge < -0.3 is 5.32 Å². The average molecular weight is 348 g/mol. The lowest BCUT2D eigenvalue weighted by Crippen LogP contribution is -2.51. The van der Waals surface area contributed by atoms with Gasteiger partial charge in [0.05, 0.1) is 5.69 Å². The van der Waals surface area contributed by atoms with Crippen molar-refractivity contribution in [3.63, 3.8) is 0 Å². The molecule has 0 aromatic heterocycles. The van der Waals surface area contributed by atoms with E-state index < -0.39 is 0 Å². The van der Waals surface area contributed by atoms with Crippen LogP contribution in [-0.2, 0) is 0 Å². The number of benzene rings is 1. The fraction of sp³-hybridized carbons (Fsp3) is 0.650. The fourth-order valence-corrected chi connectivity index (χ4v) is 3.77. The van der Waals surface area contributed by atoms with Gasteiger partial charge in [0.1, 0.15) is 5.66 Å². The molecule has 1 aromatic carbocycles. The molecule has 0 amide bonds. The zero-order valence-corrected chi connectivity index (χ0v) is 16.3. The van der Waals surface area contributed by atoms with Crippen LogP contribution in [0.25, 0.3) is 0 Å². The summed E-state index contributed by atoms with van der Waals surface area (Å²) in [6.07, 6.45) is 11.3. The molecule has 0 bridgehead atoms. The van der Waals surface area contributed by atoms with E-state index in [1.165, 1.54) is 44.1 Å². The molecule has 0 spiro atoms. The van der Waals surface area contributed by atoms with Crippen LogP contribution in [0.1, 0.15) is 77.2 Å². The maximum atomic E-state index is 5.61. The number of hydrogen-bond donors (Lipinski definition) is 2. The number of aryl methyl sites for hydroxylation is 1. The summed E-state index contributed by atoms with van der Waals surface area (Å²) in [6.45, 7) is 6.62. The molecule has 3 nitrogen and oxygen atoms in total. The van der Waals surface area contributed by atoms with E-state index in [9.17, 15) is 0 Å². The van der Waals surface area contributed by atoms with Gasteiger partial charge in [-0.05, 0) is 50.5 Å². The first-order chi connectivity index (χ1) is 11.6. The third-order valence-corrected chi connectivity index (χ3v) is 5.09. The highest BCUT2D eigenvalue weighted by molar-refractivity contribution is 7.80. The highest BCUT2D eigenvalue weighted by atomic mass is 32.1. The van der Waals surface area contributed by atoms with Gasteiger partial charge in [-0.2, -0.15) is 0 Å². The summed E-state index contributed by atoms with van der Waals surface area (Å²) in [5, 5.41) is 6.41. The molecule has 0 saturated carbocycles.